The Kier molecular flexibility index (Phi) is 4.95. The van der Waals surface area contributed by atoms with Crippen LogP contribution in [0.3, 0.4) is 0 Å². The summed E-state index contributed by atoms with van der Waals surface area (Å²) in [5.74, 6) is -1.46. The van der Waals surface area contributed by atoms with Gasteiger partial charge in [0, 0.05) is 40.5 Å². The number of carbonyl (C=O) groups excluding carboxylic acids is 1. The van der Waals surface area contributed by atoms with E-state index in [9.17, 15) is 23.1 Å². The molecule has 0 fully saturated rings. The second-order valence-electron chi connectivity index (χ2n) is 7.96. The number of carboxylic acid groups (broad SMARTS) is 1. The molecule has 1 amide bonds. The Morgan fingerprint density at radius 3 is 2.64 bits per heavy atom. The predicted molar refractivity (Wildman–Crippen MR) is 125 cm³/mol. The van der Waals surface area contributed by atoms with Gasteiger partial charge in [-0.3, -0.25) is 9.59 Å². The Labute approximate surface area is 189 Å². The third-order valence-corrected chi connectivity index (χ3v) is 7.49. The maximum absolute atomic E-state index is 13.3. The van der Waals surface area contributed by atoms with Gasteiger partial charge in [-0.2, -0.15) is 4.72 Å². The summed E-state index contributed by atoms with van der Waals surface area (Å²) in [6.07, 6.45) is -0.0490. The minimum atomic E-state index is -4.20. The molecule has 0 bridgehead atoms. The zero-order valence-corrected chi connectivity index (χ0v) is 18.5. The highest BCUT2D eigenvalue weighted by Crippen LogP contribution is 2.40. The number of anilines is 1. The Morgan fingerprint density at radius 1 is 1.12 bits per heavy atom. The molecule has 1 aromatic heterocycles. The first-order valence-electron chi connectivity index (χ1n) is 10.5. The van der Waals surface area contributed by atoms with Gasteiger partial charge in [-0.25, -0.2) is 8.42 Å². The number of carboxylic acids is 1. The molecule has 0 saturated carbocycles. The molecule has 5 rings (SSSR count). The fourth-order valence-corrected chi connectivity index (χ4v) is 5.85. The van der Waals surface area contributed by atoms with E-state index in [0.717, 1.165) is 10.9 Å². The molecule has 168 valence electrons. The summed E-state index contributed by atoms with van der Waals surface area (Å²) in [7, 11) is -4.20. The number of aliphatic carboxylic acids is 1. The van der Waals surface area contributed by atoms with Gasteiger partial charge in [0.25, 0.3) is 5.91 Å². The molecule has 1 unspecified atom stereocenters. The predicted octanol–water partition coefficient (Wildman–Crippen LogP) is 3.28. The minimum absolute atomic E-state index is 0.0490. The molecule has 0 aliphatic carbocycles. The summed E-state index contributed by atoms with van der Waals surface area (Å²) in [5, 5.41) is 11.6. The van der Waals surface area contributed by atoms with E-state index in [2.05, 4.69) is 9.71 Å². The molecule has 0 saturated heterocycles. The molecule has 33 heavy (non-hydrogen) atoms. The summed E-state index contributed by atoms with van der Waals surface area (Å²) < 4.78 is 29.0. The second-order valence-corrected chi connectivity index (χ2v) is 9.64. The number of fused-ring (bicyclic) bond motifs is 1. The van der Waals surface area contributed by atoms with Crippen molar-refractivity contribution < 1.29 is 23.1 Å². The lowest BCUT2D eigenvalue weighted by Gasteiger charge is -2.17. The number of hydrogen-bond acceptors (Lipinski definition) is 4. The molecule has 3 N–H and O–H groups in total. The number of amides is 1. The van der Waals surface area contributed by atoms with Gasteiger partial charge < -0.3 is 15.0 Å². The topological polar surface area (TPSA) is 120 Å². The number of nitrogens with zero attached hydrogens (tertiary/aromatic N) is 1. The van der Waals surface area contributed by atoms with Crippen molar-refractivity contribution >= 4 is 49.3 Å². The van der Waals surface area contributed by atoms with Gasteiger partial charge in [-0.1, -0.05) is 30.3 Å². The van der Waals surface area contributed by atoms with Crippen LogP contribution in [0, 0.1) is 0 Å². The molecule has 0 radical (unpaired) electrons. The first-order chi connectivity index (χ1) is 15.8. The molecule has 1 aliphatic heterocycles. The maximum Gasteiger partial charge on any atom is 0.322 e. The number of hydrogen-bond donors (Lipinski definition) is 3. The lowest BCUT2D eigenvalue weighted by Crippen LogP contribution is -2.42. The molecule has 3 aromatic carbocycles. The van der Waals surface area contributed by atoms with Gasteiger partial charge in [0.15, 0.2) is 0 Å². The third-order valence-electron chi connectivity index (χ3n) is 5.96. The standard InChI is InChI=1S/C24H21N3O5S/c1-2-27-20-10-11-21(16-7-5-8-17(22(16)20)23(27)28)33(31,32)26-19(24(29)30)13-15-12-14-6-3-4-9-18(14)25-15/h3-12,19,25-26H,2,13H2,1H3,(H,29,30). The van der Waals surface area contributed by atoms with Gasteiger partial charge >= 0.3 is 5.97 Å². The number of aromatic amines is 1. The number of aromatic nitrogens is 1. The number of rotatable bonds is 7. The smallest absolute Gasteiger partial charge is 0.322 e. The molecule has 2 heterocycles. The second kappa shape index (κ2) is 7.72. The Morgan fingerprint density at radius 2 is 1.91 bits per heavy atom. The van der Waals surface area contributed by atoms with Gasteiger partial charge in [-0.15, -0.1) is 0 Å². The van der Waals surface area contributed by atoms with Crippen molar-refractivity contribution in [1.29, 1.82) is 0 Å². The van der Waals surface area contributed by atoms with Crippen molar-refractivity contribution in [2.24, 2.45) is 0 Å². The van der Waals surface area contributed by atoms with Crippen molar-refractivity contribution in [3.8, 4) is 0 Å². The van der Waals surface area contributed by atoms with Crippen LogP contribution in [-0.2, 0) is 21.2 Å². The summed E-state index contributed by atoms with van der Waals surface area (Å²) >= 11 is 0. The average molecular weight is 464 g/mol. The van der Waals surface area contributed by atoms with Crippen molar-refractivity contribution in [2.75, 3.05) is 11.4 Å². The highest BCUT2D eigenvalue weighted by Gasteiger charge is 2.33. The van der Waals surface area contributed by atoms with Crippen molar-refractivity contribution in [3.05, 3.63) is 71.9 Å². The number of benzene rings is 3. The van der Waals surface area contributed by atoms with Crippen LogP contribution in [0.4, 0.5) is 5.69 Å². The quantitative estimate of drug-likeness (QED) is 0.389. The first kappa shape index (κ1) is 21.2. The summed E-state index contributed by atoms with van der Waals surface area (Å²) in [4.78, 5) is 29.3. The monoisotopic (exact) mass is 463 g/mol. The lowest BCUT2D eigenvalue weighted by molar-refractivity contribution is -0.138. The maximum atomic E-state index is 13.3. The number of carbonyl (C=O) groups is 2. The van der Waals surface area contributed by atoms with E-state index in [1.807, 2.05) is 37.3 Å². The lowest BCUT2D eigenvalue weighted by atomic mass is 10.1. The van der Waals surface area contributed by atoms with Crippen LogP contribution in [0.25, 0.3) is 21.7 Å². The zero-order valence-electron chi connectivity index (χ0n) is 17.7. The summed E-state index contributed by atoms with van der Waals surface area (Å²) in [6.45, 7) is 2.31. The molecule has 9 heteroatoms. The zero-order chi connectivity index (χ0) is 23.3. The largest absolute Gasteiger partial charge is 0.480 e. The van der Waals surface area contributed by atoms with E-state index in [4.69, 9.17) is 0 Å². The third kappa shape index (κ3) is 3.46. The summed E-state index contributed by atoms with van der Waals surface area (Å²) in [6, 6.07) is 15.9. The minimum Gasteiger partial charge on any atom is -0.480 e. The van der Waals surface area contributed by atoms with Gasteiger partial charge in [0.05, 0.1) is 10.6 Å². The Bertz CT molecular complexity index is 1510. The van der Waals surface area contributed by atoms with Crippen LogP contribution in [0.15, 0.2) is 65.6 Å². The SMILES string of the molecule is CCN1C(=O)c2cccc3c(S(=O)(=O)NC(Cc4cc5ccccc5[nH]4)C(=O)O)ccc1c23. The molecular weight excluding hydrogens is 442 g/mol. The van der Waals surface area contributed by atoms with Crippen molar-refractivity contribution in [2.45, 2.75) is 24.3 Å². The Balaban J connectivity index is 1.52. The van der Waals surface area contributed by atoms with Crippen LogP contribution in [0.2, 0.25) is 0 Å². The number of sulfonamides is 1. The number of para-hydroxylation sites is 1. The van der Waals surface area contributed by atoms with E-state index < -0.39 is 22.0 Å². The fraction of sp³-hybridized carbons (Fsp3) is 0.167. The van der Waals surface area contributed by atoms with Crippen LogP contribution in [0.1, 0.15) is 23.0 Å². The van der Waals surface area contributed by atoms with Gasteiger partial charge in [-0.05, 0) is 42.6 Å². The molecule has 1 atom stereocenters. The number of H-pyrrole nitrogens is 1. The van der Waals surface area contributed by atoms with Crippen molar-refractivity contribution in [3.63, 3.8) is 0 Å². The molecule has 4 aromatic rings. The van der Waals surface area contributed by atoms with Crippen LogP contribution < -0.4 is 9.62 Å². The molecule has 0 spiro atoms. The van der Waals surface area contributed by atoms with Gasteiger partial charge in [0.2, 0.25) is 10.0 Å². The normalized spacial score (nSPS) is 14.3. The highest BCUT2D eigenvalue weighted by molar-refractivity contribution is 7.89. The Hall–Kier alpha value is -3.69. The van der Waals surface area contributed by atoms with Crippen molar-refractivity contribution in [1.82, 2.24) is 9.71 Å². The first-order valence-corrected chi connectivity index (χ1v) is 12.0. The highest BCUT2D eigenvalue weighted by atomic mass is 32.2. The average Bonchev–Trinajstić information content (AvgIpc) is 3.32. The van der Waals surface area contributed by atoms with Crippen LogP contribution in [-0.4, -0.2) is 43.0 Å². The van der Waals surface area contributed by atoms with E-state index in [-0.39, 0.29) is 17.2 Å². The number of nitrogens with one attached hydrogen (secondary N) is 2. The van der Waals surface area contributed by atoms with E-state index in [1.165, 1.54) is 6.07 Å². The molecular formula is C24H21N3O5S. The van der Waals surface area contributed by atoms with E-state index >= 15 is 0 Å². The molecule has 8 nitrogen and oxygen atoms in total. The van der Waals surface area contributed by atoms with Crippen LogP contribution >= 0.6 is 0 Å². The van der Waals surface area contributed by atoms with E-state index in [0.29, 0.717) is 34.3 Å². The van der Waals surface area contributed by atoms with Crippen LogP contribution in [0.5, 0.6) is 0 Å². The fourth-order valence-electron chi connectivity index (χ4n) is 4.46. The van der Waals surface area contributed by atoms with E-state index in [1.54, 1.807) is 29.2 Å². The summed E-state index contributed by atoms with van der Waals surface area (Å²) in [5.41, 5.74) is 2.54. The molecule has 1 aliphatic rings. The van der Waals surface area contributed by atoms with Gasteiger partial charge in [0.1, 0.15) is 6.04 Å².